The van der Waals surface area contributed by atoms with Gasteiger partial charge in [0.15, 0.2) is 0 Å². The van der Waals surface area contributed by atoms with Crippen molar-refractivity contribution in [2.75, 3.05) is 0 Å². The van der Waals surface area contributed by atoms with E-state index < -0.39 is 0 Å². The van der Waals surface area contributed by atoms with Crippen molar-refractivity contribution >= 4 is 11.0 Å². The summed E-state index contributed by atoms with van der Waals surface area (Å²) in [6.45, 7) is 0. The van der Waals surface area contributed by atoms with Gasteiger partial charge in [-0.1, -0.05) is 7.43 Å². The molecular weight excluding hydrogens is 210 g/mol. The van der Waals surface area contributed by atoms with Crippen molar-refractivity contribution in [1.29, 1.82) is 0 Å². The topological polar surface area (TPSA) is 0 Å². The van der Waals surface area contributed by atoms with Gasteiger partial charge in [0.25, 0.3) is 0 Å². The number of hydrogen-bond donors (Lipinski definition) is 0. The van der Waals surface area contributed by atoms with E-state index in [-0.39, 0.29) is 69.0 Å². The maximum absolute atomic E-state index is 0. The number of rotatable bonds is 0. The summed E-state index contributed by atoms with van der Waals surface area (Å²) in [6, 6.07) is 0. The second-order valence-electron chi connectivity index (χ2n) is 0. The van der Waals surface area contributed by atoms with Crippen molar-refractivity contribution in [3.8, 4) is 0 Å². The Labute approximate surface area is 68.8 Å². The average Bonchev–Trinajstić information content (AvgIpc) is 0. The van der Waals surface area contributed by atoms with Crippen molar-refractivity contribution in [1.82, 2.24) is 0 Å². The first-order chi connectivity index (χ1) is 0. The molecule has 0 fully saturated rings. The van der Waals surface area contributed by atoms with E-state index in [1.807, 2.05) is 0 Å². The van der Waals surface area contributed by atoms with Crippen LogP contribution in [0.4, 0.5) is 0 Å². The average molecular weight is 214 g/mol. The minimum Gasteiger partial charge on any atom is -0.0776 e. The Morgan fingerprint density at radius 3 is 1.00 bits per heavy atom. The molecule has 0 aliphatic heterocycles. The first-order valence-electron chi connectivity index (χ1n) is 0. The van der Waals surface area contributed by atoms with Gasteiger partial charge < -0.3 is 0 Å². The predicted molar refractivity (Wildman–Crippen MR) is 12.5 cm³/mol. The minimum absolute atomic E-state index is 0. The van der Waals surface area contributed by atoms with Crippen LogP contribution in [0.1, 0.15) is 7.43 Å². The molecule has 0 N–H and O–H groups in total. The molecule has 0 atom stereocenters. The van der Waals surface area contributed by atoms with Gasteiger partial charge in [-0.15, -0.1) is 0 Å². The SMILES string of the molecule is C.[Fe].[Mn].[Ni].[Si]. The van der Waals surface area contributed by atoms with Crippen LogP contribution < -0.4 is 0 Å². The van der Waals surface area contributed by atoms with Crippen LogP contribution in [0.2, 0.25) is 0 Å². The van der Waals surface area contributed by atoms with Gasteiger partial charge in [-0.05, 0) is 0 Å². The molecule has 0 aliphatic carbocycles. The molecule has 5 radical (unpaired) electrons. The zero-order chi connectivity index (χ0) is 0. The molecule has 4 heteroatoms. The van der Waals surface area contributed by atoms with Crippen LogP contribution in [0.15, 0.2) is 0 Å². The largest absolute Gasteiger partial charge is 0.0776 e. The van der Waals surface area contributed by atoms with E-state index >= 15 is 0 Å². The molecule has 0 heterocycles. The minimum atomic E-state index is 0. The number of hydrogen-bond acceptors (Lipinski definition) is 0. The van der Waals surface area contributed by atoms with Gasteiger partial charge in [0.2, 0.25) is 0 Å². The third kappa shape index (κ3) is 26.4. The molecule has 0 aromatic carbocycles. The van der Waals surface area contributed by atoms with E-state index in [1.54, 1.807) is 0 Å². The molecule has 0 saturated heterocycles. The van der Waals surface area contributed by atoms with Crippen molar-refractivity contribution in [2.24, 2.45) is 0 Å². The predicted octanol–water partition coefficient (Wildman–Crippen LogP) is 0.248. The van der Waals surface area contributed by atoms with Gasteiger partial charge in [-0.2, -0.15) is 0 Å². The van der Waals surface area contributed by atoms with Crippen molar-refractivity contribution in [3.05, 3.63) is 0 Å². The Hall–Kier alpha value is 1.75. The zero-order valence-corrected chi connectivity index (χ0v) is 5.82. The summed E-state index contributed by atoms with van der Waals surface area (Å²) in [5.74, 6) is 0. The summed E-state index contributed by atoms with van der Waals surface area (Å²) >= 11 is 0. The molecule has 0 amide bonds. The summed E-state index contributed by atoms with van der Waals surface area (Å²) in [7, 11) is 0. The first-order valence-corrected chi connectivity index (χ1v) is 0. The van der Waals surface area contributed by atoms with Gasteiger partial charge >= 0.3 is 0 Å². The molecule has 0 aliphatic rings. The third-order valence-corrected chi connectivity index (χ3v) is 0. The van der Waals surface area contributed by atoms with Gasteiger partial charge in [0.05, 0.1) is 0 Å². The van der Waals surface area contributed by atoms with E-state index in [4.69, 9.17) is 0 Å². The molecule has 0 nitrogen and oxygen atoms in total. The van der Waals surface area contributed by atoms with Gasteiger partial charge in [-0.3, -0.25) is 0 Å². The van der Waals surface area contributed by atoms with E-state index in [2.05, 4.69) is 0 Å². The van der Waals surface area contributed by atoms with Crippen LogP contribution in [-0.2, 0) is 50.6 Å². The fourth-order valence-corrected chi connectivity index (χ4v) is 0. The fourth-order valence-electron chi connectivity index (χ4n) is 0. The smallest absolute Gasteiger partial charge is 0 e. The second-order valence-corrected chi connectivity index (χ2v) is 0. The Bertz CT molecular complexity index is 11.6. The van der Waals surface area contributed by atoms with E-state index in [0.29, 0.717) is 0 Å². The Morgan fingerprint density at radius 2 is 1.00 bits per heavy atom. The van der Waals surface area contributed by atoms with Crippen LogP contribution in [0, 0.1) is 0 Å². The Morgan fingerprint density at radius 1 is 1.00 bits per heavy atom. The molecule has 0 rings (SSSR count). The van der Waals surface area contributed by atoms with Gasteiger partial charge in [0.1, 0.15) is 0 Å². The van der Waals surface area contributed by atoms with E-state index in [9.17, 15) is 0 Å². The summed E-state index contributed by atoms with van der Waals surface area (Å²) in [6.07, 6.45) is 0. The summed E-state index contributed by atoms with van der Waals surface area (Å²) < 4.78 is 0. The van der Waals surface area contributed by atoms with E-state index in [0.717, 1.165) is 0 Å². The molecule has 0 unspecified atom stereocenters. The maximum Gasteiger partial charge on any atom is 0 e. The molecular formula is CH4FeMnNiSi. The van der Waals surface area contributed by atoms with Crippen LogP contribution in [-0.4, -0.2) is 11.0 Å². The standard InChI is InChI=1S/CH4.Fe.Mn.Ni.Si/h1H4;;;;. The van der Waals surface area contributed by atoms with Crippen molar-refractivity contribution in [2.45, 2.75) is 7.43 Å². The van der Waals surface area contributed by atoms with Crippen molar-refractivity contribution in [3.63, 3.8) is 0 Å². The molecule has 0 bridgehead atoms. The second kappa shape index (κ2) is 42.4. The van der Waals surface area contributed by atoms with Crippen LogP contribution in [0.3, 0.4) is 0 Å². The van der Waals surface area contributed by atoms with Gasteiger partial charge in [-0.25, -0.2) is 0 Å². The molecule has 0 saturated carbocycles. The summed E-state index contributed by atoms with van der Waals surface area (Å²) in [4.78, 5) is 0. The maximum atomic E-state index is 0. The zero-order valence-electron chi connectivity index (χ0n) is 1.55. The Kier molecular flexibility index (Phi) is 618. The van der Waals surface area contributed by atoms with Crippen molar-refractivity contribution < 1.29 is 50.6 Å². The summed E-state index contributed by atoms with van der Waals surface area (Å²) in [5.41, 5.74) is 0. The van der Waals surface area contributed by atoms with Crippen LogP contribution in [0.5, 0.6) is 0 Å². The van der Waals surface area contributed by atoms with Gasteiger partial charge in [0, 0.05) is 61.6 Å². The summed E-state index contributed by atoms with van der Waals surface area (Å²) in [5, 5.41) is 0. The van der Waals surface area contributed by atoms with Crippen LogP contribution in [0.25, 0.3) is 0 Å². The fraction of sp³-hybridized carbons (Fsp3) is 1.00. The Balaban J connectivity index is 0. The van der Waals surface area contributed by atoms with Crippen LogP contribution >= 0.6 is 0 Å². The normalized spacial score (nSPS) is 0. The monoisotopic (exact) mass is 213 g/mol. The quantitative estimate of drug-likeness (QED) is 0.506. The first kappa shape index (κ1) is 72.9. The van der Waals surface area contributed by atoms with E-state index in [1.165, 1.54) is 0 Å². The molecule has 0 aromatic heterocycles. The molecule has 37 valence electrons. The third-order valence-electron chi connectivity index (χ3n) is 0. The molecule has 0 aromatic rings. The molecule has 0 spiro atoms. The molecule has 5 heavy (non-hydrogen) atoms.